The molecule has 0 saturated carbocycles. The quantitative estimate of drug-likeness (QED) is 0.578. The van der Waals surface area contributed by atoms with Gasteiger partial charge in [0, 0.05) is 0 Å². The van der Waals surface area contributed by atoms with E-state index >= 15 is 0 Å². The zero-order valence-corrected chi connectivity index (χ0v) is 17.7. The molecule has 6 rings (SSSR count). The Morgan fingerprint density at radius 3 is 1.66 bits per heavy atom. The van der Waals surface area contributed by atoms with Gasteiger partial charge in [-0.25, -0.2) is 15.2 Å². The van der Waals surface area contributed by atoms with Gasteiger partial charge in [0.1, 0.15) is 25.4 Å². The van der Waals surface area contributed by atoms with Crippen LogP contribution in [0.25, 0.3) is 0 Å². The highest BCUT2D eigenvalue weighted by molar-refractivity contribution is 5.55. The molecule has 0 aromatic heterocycles. The van der Waals surface area contributed by atoms with E-state index in [4.69, 9.17) is 14.5 Å². The van der Waals surface area contributed by atoms with Crippen LogP contribution in [0.3, 0.4) is 0 Å². The fourth-order valence-corrected chi connectivity index (χ4v) is 4.60. The molecule has 162 valence electrons. The largest absolute Gasteiger partial charge is 0.271 e. The van der Waals surface area contributed by atoms with Crippen LogP contribution in [0.1, 0.15) is 0 Å². The van der Waals surface area contributed by atoms with Gasteiger partial charge >= 0.3 is 0 Å². The SMILES string of the molecule is c1ccc(N2CC3=C4CN(c5ccccc5)OC[C@@H]4N(c4ccccc4)O[C@@H]3CO2)cc1. The number of benzene rings is 3. The Labute approximate surface area is 187 Å². The number of hydroxylamine groups is 3. The van der Waals surface area contributed by atoms with E-state index in [1.165, 1.54) is 11.1 Å². The molecule has 6 heteroatoms. The Kier molecular flexibility index (Phi) is 5.03. The van der Waals surface area contributed by atoms with Crippen molar-refractivity contribution in [3.63, 3.8) is 0 Å². The lowest BCUT2D eigenvalue weighted by atomic mass is 9.92. The summed E-state index contributed by atoms with van der Waals surface area (Å²) in [6, 6.07) is 30.7. The average Bonchev–Trinajstić information content (AvgIpc) is 2.89. The lowest BCUT2D eigenvalue weighted by Gasteiger charge is -2.49. The minimum atomic E-state index is -0.128. The minimum Gasteiger partial charge on any atom is -0.271 e. The summed E-state index contributed by atoms with van der Waals surface area (Å²) in [7, 11) is 0. The molecule has 2 fully saturated rings. The zero-order chi connectivity index (χ0) is 21.3. The first-order chi connectivity index (χ1) is 15.9. The Bertz CT molecular complexity index is 1090. The van der Waals surface area contributed by atoms with Gasteiger partial charge in [0.2, 0.25) is 0 Å². The summed E-state index contributed by atoms with van der Waals surface area (Å²) in [6.07, 6.45) is -0.128. The van der Waals surface area contributed by atoms with Crippen LogP contribution in [0.2, 0.25) is 0 Å². The van der Waals surface area contributed by atoms with Gasteiger partial charge < -0.3 is 0 Å². The molecule has 3 aliphatic heterocycles. The van der Waals surface area contributed by atoms with Crippen molar-refractivity contribution in [3.05, 3.63) is 102 Å². The molecule has 3 aliphatic rings. The van der Waals surface area contributed by atoms with Crippen molar-refractivity contribution >= 4 is 17.1 Å². The molecule has 0 amide bonds. The molecule has 0 spiro atoms. The molecule has 3 aromatic rings. The Morgan fingerprint density at radius 2 is 1.06 bits per heavy atom. The predicted octanol–water partition coefficient (Wildman–Crippen LogP) is 4.38. The minimum absolute atomic E-state index is 0.0133. The lowest BCUT2D eigenvalue weighted by molar-refractivity contribution is -0.0664. The Balaban J connectivity index is 1.38. The third kappa shape index (κ3) is 3.52. The molecule has 0 radical (unpaired) electrons. The molecular formula is C26H25N3O3. The molecule has 6 nitrogen and oxygen atoms in total. The summed E-state index contributed by atoms with van der Waals surface area (Å²) in [6.45, 7) is 2.35. The molecule has 0 unspecified atom stereocenters. The molecular weight excluding hydrogens is 402 g/mol. The molecule has 0 bridgehead atoms. The standard InChI is InChI=1S/C26H25N3O3/c1-4-10-20(11-5-1)27-16-23-24-17-28(21-12-6-2-7-13-21)31-19-26(24)32-29(25(23)18-30-27)22-14-8-3-9-15-22/h1-15,25-26H,16-19H2/t25-,26+/m0/s1. The monoisotopic (exact) mass is 427 g/mol. The summed E-state index contributed by atoms with van der Waals surface area (Å²) < 4.78 is 0. The molecule has 3 aromatic carbocycles. The lowest BCUT2D eigenvalue weighted by Crippen LogP contribution is -2.58. The second-order valence-corrected chi connectivity index (χ2v) is 8.16. The van der Waals surface area contributed by atoms with Crippen molar-refractivity contribution in [1.29, 1.82) is 0 Å². The summed E-state index contributed by atoms with van der Waals surface area (Å²) in [4.78, 5) is 18.8. The number of hydrogen-bond acceptors (Lipinski definition) is 6. The second kappa shape index (κ2) is 8.31. The number of anilines is 3. The summed E-state index contributed by atoms with van der Waals surface area (Å²) in [5.41, 5.74) is 5.75. The van der Waals surface area contributed by atoms with Crippen molar-refractivity contribution in [3.8, 4) is 0 Å². The summed E-state index contributed by atoms with van der Waals surface area (Å²) in [5.74, 6) is 0. The van der Waals surface area contributed by atoms with E-state index in [2.05, 4.69) is 36.4 Å². The van der Waals surface area contributed by atoms with Crippen LogP contribution in [0.5, 0.6) is 0 Å². The maximum atomic E-state index is 6.50. The maximum absolute atomic E-state index is 6.50. The molecule has 32 heavy (non-hydrogen) atoms. The summed E-state index contributed by atoms with van der Waals surface area (Å²) in [5, 5.41) is 5.97. The van der Waals surface area contributed by atoms with Gasteiger partial charge in [0.05, 0.1) is 30.2 Å². The first-order valence-corrected chi connectivity index (χ1v) is 11.0. The molecule has 3 heterocycles. The number of rotatable bonds is 3. The Hall–Kier alpha value is -3.32. The van der Waals surface area contributed by atoms with Gasteiger partial charge in [0.25, 0.3) is 0 Å². The topological polar surface area (TPSA) is 37.4 Å². The molecule has 0 N–H and O–H groups in total. The highest BCUT2D eigenvalue weighted by Gasteiger charge is 2.43. The number of fused-ring (bicyclic) bond motifs is 2. The van der Waals surface area contributed by atoms with Crippen molar-refractivity contribution in [2.75, 3.05) is 41.5 Å². The van der Waals surface area contributed by atoms with E-state index in [1.54, 1.807) is 0 Å². The van der Waals surface area contributed by atoms with Crippen molar-refractivity contribution < 1.29 is 14.5 Å². The Morgan fingerprint density at radius 1 is 0.562 bits per heavy atom. The van der Waals surface area contributed by atoms with E-state index in [9.17, 15) is 0 Å². The van der Waals surface area contributed by atoms with E-state index < -0.39 is 0 Å². The van der Waals surface area contributed by atoms with E-state index in [0.29, 0.717) is 26.3 Å². The highest BCUT2D eigenvalue weighted by atomic mass is 16.7. The highest BCUT2D eigenvalue weighted by Crippen LogP contribution is 2.38. The zero-order valence-electron chi connectivity index (χ0n) is 17.7. The average molecular weight is 428 g/mol. The fraction of sp³-hybridized carbons (Fsp3) is 0.231. The van der Waals surface area contributed by atoms with Crippen molar-refractivity contribution in [2.45, 2.75) is 12.1 Å². The van der Waals surface area contributed by atoms with Crippen LogP contribution in [0, 0.1) is 0 Å². The fourth-order valence-electron chi connectivity index (χ4n) is 4.60. The maximum Gasteiger partial charge on any atom is 0.135 e. The van der Waals surface area contributed by atoms with Gasteiger partial charge in [-0.2, -0.15) is 0 Å². The van der Waals surface area contributed by atoms with Crippen LogP contribution in [0.4, 0.5) is 17.1 Å². The van der Waals surface area contributed by atoms with Gasteiger partial charge in [-0.3, -0.25) is 14.5 Å². The molecule has 2 saturated heterocycles. The first-order valence-electron chi connectivity index (χ1n) is 11.0. The first kappa shape index (κ1) is 19.4. The third-order valence-corrected chi connectivity index (χ3v) is 6.22. The number of nitrogens with zero attached hydrogens (tertiary/aromatic N) is 3. The van der Waals surface area contributed by atoms with E-state index in [0.717, 1.165) is 17.1 Å². The van der Waals surface area contributed by atoms with Crippen LogP contribution < -0.4 is 15.2 Å². The number of para-hydroxylation sites is 3. The molecule has 0 aliphatic carbocycles. The van der Waals surface area contributed by atoms with Crippen LogP contribution in [-0.2, 0) is 14.5 Å². The third-order valence-electron chi connectivity index (χ3n) is 6.22. The van der Waals surface area contributed by atoms with Crippen LogP contribution in [-0.4, -0.2) is 38.4 Å². The molecule has 2 atom stereocenters. The van der Waals surface area contributed by atoms with Crippen LogP contribution in [0.15, 0.2) is 102 Å². The van der Waals surface area contributed by atoms with E-state index in [-0.39, 0.29) is 12.1 Å². The van der Waals surface area contributed by atoms with Crippen molar-refractivity contribution in [2.24, 2.45) is 0 Å². The van der Waals surface area contributed by atoms with Gasteiger partial charge in [-0.05, 0) is 47.5 Å². The van der Waals surface area contributed by atoms with Gasteiger partial charge in [-0.15, -0.1) is 0 Å². The van der Waals surface area contributed by atoms with Crippen molar-refractivity contribution in [1.82, 2.24) is 0 Å². The van der Waals surface area contributed by atoms with E-state index in [1.807, 2.05) is 69.8 Å². The normalized spacial score (nSPS) is 23.1. The number of hydrogen-bond donors (Lipinski definition) is 0. The van der Waals surface area contributed by atoms with Gasteiger partial charge in [0.15, 0.2) is 0 Å². The smallest absolute Gasteiger partial charge is 0.135 e. The summed E-state index contributed by atoms with van der Waals surface area (Å²) >= 11 is 0. The predicted molar refractivity (Wildman–Crippen MR) is 124 cm³/mol. The van der Waals surface area contributed by atoms with Crippen LogP contribution >= 0.6 is 0 Å². The van der Waals surface area contributed by atoms with Gasteiger partial charge in [-0.1, -0.05) is 54.6 Å². The second-order valence-electron chi connectivity index (χ2n) is 8.16.